The van der Waals surface area contributed by atoms with E-state index in [1.54, 1.807) is 6.08 Å². The highest BCUT2D eigenvalue weighted by atomic mass is 32.1. The van der Waals surface area contributed by atoms with E-state index in [-0.39, 0.29) is 5.91 Å². The van der Waals surface area contributed by atoms with Gasteiger partial charge in [-0.3, -0.25) is 10.1 Å². The van der Waals surface area contributed by atoms with E-state index in [4.69, 9.17) is 12.2 Å². The first-order chi connectivity index (χ1) is 12.7. The van der Waals surface area contributed by atoms with E-state index >= 15 is 0 Å². The van der Waals surface area contributed by atoms with Crippen molar-refractivity contribution in [3.8, 4) is 0 Å². The van der Waals surface area contributed by atoms with Crippen LogP contribution in [0.1, 0.15) is 16.8 Å². The molecule has 2 N–H and O–H groups in total. The predicted octanol–water partition coefficient (Wildman–Crippen LogP) is 3.64. The molecule has 1 aliphatic heterocycles. The van der Waals surface area contributed by atoms with Crippen LogP contribution in [0.25, 0.3) is 17.0 Å². The average molecular weight is 361 g/mol. The highest BCUT2D eigenvalue weighted by Gasteiger charge is 2.22. The molecule has 0 spiro atoms. The number of carbonyl (C=O) groups excluding carboxylic acids is 1. The van der Waals surface area contributed by atoms with Gasteiger partial charge in [-0.1, -0.05) is 48.5 Å². The lowest BCUT2D eigenvalue weighted by Crippen LogP contribution is -2.44. The van der Waals surface area contributed by atoms with Crippen LogP contribution in [-0.4, -0.2) is 27.4 Å². The van der Waals surface area contributed by atoms with Crippen LogP contribution in [0.4, 0.5) is 0 Å². The fourth-order valence-corrected chi connectivity index (χ4v) is 3.58. The highest BCUT2D eigenvalue weighted by Crippen LogP contribution is 2.27. The zero-order chi connectivity index (χ0) is 17.9. The molecule has 1 amide bonds. The van der Waals surface area contributed by atoms with Crippen molar-refractivity contribution >= 4 is 40.2 Å². The number of para-hydroxylation sites is 1. The van der Waals surface area contributed by atoms with Gasteiger partial charge in [-0.2, -0.15) is 0 Å². The van der Waals surface area contributed by atoms with Crippen molar-refractivity contribution in [3.63, 3.8) is 0 Å². The third kappa shape index (κ3) is 3.39. The molecule has 130 valence electrons. The van der Waals surface area contributed by atoms with E-state index in [0.717, 1.165) is 24.0 Å². The van der Waals surface area contributed by atoms with Crippen molar-refractivity contribution in [1.82, 2.24) is 15.2 Å². The van der Waals surface area contributed by atoms with Crippen molar-refractivity contribution in [2.24, 2.45) is 0 Å². The van der Waals surface area contributed by atoms with Gasteiger partial charge in [0.05, 0.1) is 6.54 Å². The molecular formula is C21H19N3OS. The smallest absolute Gasteiger partial charge is 0.250 e. The molecule has 1 aromatic heterocycles. The van der Waals surface area contributed by atoms with Gasteiger partial charge in [-0.15, -0.1) is 0 Å². The molecule has 2 aromatic carbocycles. The van der Waals surface area contributed by atoms with E-state index in [2.05, 4.69) is 28.5 Å². The molecule has 5 heteroatoms. The molecule has 0 fully saturated rings. The summed E-state index contributed by atoms with van der Waals surface area (Å²) < 4.78 is 0. The monoisotopic (exact) mass is 361 g/mol. The van der Waals surface area contributed by atoms with Crippen molar-refractivity contribution < 1.29 is 4.79 Å². The summed E-state index contributed by atoms with van der Waals surface area (Å²) in [4.78, 5) is 17.6. The fraction of sp³-hybridized carbons (Fsp3) is 0.143. The topological polar surface area (TPSA) is 48.1 Å². The average Bonchev–Trinajstić information content (AvgIpc) is 3.05. The first kappa shape index (κ1) is 16.5. The molecular weight excluding hydrogens is 342 g/mol. The summed E-state index contributed by atoms with van der Waals surface area (Å²) in [6, 6.07) is 18.1. The summed E-state index contributed by atoms with van der Waals surface area (Å²) in [5.41, 5.74) is 4.66. The van der Waals surface area contributed by atoms with Crippen LogP contribution in [0.15, 0.2) is 60.7 Å². The minimum atomic E-state index is -0.207. The number of aromatic nitrogens is 1. The number of aromatic amines is 1. The maximum absolute atomic E-state index is 12.1. The summed E-state index contributed by atoms with van der Waals surface area (Å²) in [5.74, 6) is -0.207. The van der Waals surface area contributed by atoms with Gasteiger partial charge >= 0.3 is 0 Å². The van der Waals surface area contributed by atoms with Gasteiger partial charge < -0.3 is 9.88 Å². The number of benzene rings is 2. The molecule has 0 saturated carbocycles. The van der Waals surface area contributed by atoms with Gasteiger partial charge in [0, 0.05) is 29.2 Å². The van der Waals surface area contributed by atoms with Gasteiger partial charge in [0.2, 0.25) is 5.91 Å². The van der Waals surface area contributed by atoms with Crippen LogP contribution in [0.3, 0.4) is 0 Å². The van der Waals surface area contributed by atoms with Crippen LogP contribution in [0, 0.1) is 0 Å². The normalized spacial score (nSPS) is 13.8. The quantitative estimate of drug-likeness (QED) is 0.541. The van der Waals surface area contributed by atoms with E-state index in [0.29, 0.717) is 11.7 Å². The second kappa shape index (κ2) is 7.14. The molecule has 3 aromatic rings. The molecule has 4 nitrogen and oxygen atoms in total. The standard InChI is InChI=1S/C21H19N3OS/c25-20(11-10-15-6-2-1-3-7-15)23-21(26)24-13-12-17-16-8-4-5-9-18(16)22-19(17)14-24/h1-11,22H,12-14H2,(H,23,25,26). The molecule has 1 aliphatic rings. The molecule has 26 heavy (non-hydrogen) atoms. The van der Waals surface area contributed by atoms with Gasteiger partial charge in [0.25, 0.3) is 0 Å². The highest BCUT2D eigenvalue weighted by molar-refractivity contribution is 7.80. The Balaban J connectivity index is 1.41. The van der Waals surface area contributed by atoms with Crippen LogP contribution < -0.4 is 5.32 Å². The van der Waals surface area contributed by atoms with Crippen LogP contribution in [-0.2, 0) is 17.8 Å². The number of hydrogen-bond donors (Lipinski definition) is 2. The Bertz CT molecular complexity index is 991. The number of H-pyrrole nitrogens is 1. The molecule has 2 heterocycles. The lowest BCUT2D eigenvalue weighted by atomic mass is 10.0. The SMILES string of the molecule is O=C(C=Cc1ccccc1)NC(=S)N1CCc2c([nH]c3ccccc23)C1. The van der Waals surface area contributed by atoms with Crippen LogP contribution in [0.5, 0.6) is 0 Å². The van der Waals surface area contributed by atoms with Crippen molar-refractivity contribution in [2.75, 3.05) is 6.54 Å². The zero-order valence-electron chi connectivity index (χ0n) is 14.2. The van der Waals surface area contributed by atoms with Crippen LogP contribution in [0.2, 0.25) is 0 Å². The third-order valence-corrected chi connectivity index (χ3v) is 4.99. The van der Waals surface area contributed by atoms with Crippen molar-refractivity contribution in [2.45, 2.75) is 13.0 Å². The number of rotatable bonds is 2. The lowest BCUT2D eigenvalue weighted by Gasteiger charge is -2.29. The van der Waals surface area contributed by atoms with Crippen LogP contribution >= 0.6 is 12.2 Å². The number of hydrogen-bond acceptors (Lipinski definition) is 2. The molecule has 4 rings (SSSR count). The maximum Gasteiger partial charge on any atom is 0.250 e. The minimum absolute atomic E-state index is 0.207. The second-order valence-corrected chi connectivity index (χ2v) is 6.72. The Labute approximate surface area is 157 Å². The van der Waals surface area contributed by atoms with E-state index in [1.807, 2.05) is 41.3 Å². The number of thiocarbonyl (C=S) groups is 1. The Morgan fingerprint density at radius 3 is 2.73 bits per heavy atom. The van der Waals surface area contributed by atoms with Gasteiger partial charge in [0.15, 0.2) is 5.11 Å². The number of amides is 1. The maximum atomic E-state index is 12.1. The zero-order valence-corrected chi connectivity index (χ0v) is 15.1. The van der Waals surface area contributed by atoms with E-state index in [9.17, 15) is 4.79 Å². The number of fused-ring (bicyclic) bond motifs is 3. The Hall–Kier alpha value is -2.92. The third-order valence-electron chi connectivity index (χ3n) is 4.63. The van der Waals surface area contributed by atoms with Gasteiger partial charge in [-0.05, 0) is 41.9 Å². The minimum Gasteiger partial charge on any atom is -0.357 e. The summed E-state index contributed by atoms with van der Waals surface area (Å²) in [7, 11) is 0. The molecule has 0 saturated heterocycles. The first-order valence-corrected chi connectivity index (χ1v) is 9.03. The molecule has 0 unspecified atom stereocenters. The van der Waals surface area contributed by atoms with E-state index in [1.165, 1.54) is 22.7 Å². The second-order valence-electron chi connectivity index (χ2n) is 6.34. The predicted molar refractivity (Wildman–Crippen MR) is 109 cm³/mol. The Morgan fingerprint density at radius 1 is 1.12 bits per heavy atom. The number of carbonyl (C=O) groups is 1. The summed E-state index contributed by atoms with van der Waals surface area (Å²) in [6.07, 6.45) is 4.21. The Morgan fingerprint density at radius 2 is 1.88 bits per heavy atom. The molecule has 0 aliphatic carbocycles. The molecule has 0 atom stereocenters. The number of nitrogens with one attached hydrogen (secondary N) is 2. The largest absolute Gasteiger partial charge is 0.357 e. The van der Waals surface area contributed by atoms with Gasteiger partial charge in [0.1, 0.15) is 0 Å². The first-order valence-electron chi connectivity index (χ1n) is 8.62. The Kier molecular flexibility index (Phi) is 4.54. The van der Waals surface area contributed by atoms with E-state index < -0.39 is 0 Å². The lowest BCUT2D eigenvalue weighted by molar-refractivity contribution is -0.115. The summed E-state index contributed by atoms with van der Waals surface area (Å²) in [6.45, 7) is 1.49. The fourth-order valence-electron chi connectivity index (χ4n) is 3.33. The number of nitrogens with zero attached hydrogens (tertiary/aromatic N) is 1. The summed E-state index contributed by atoms with van der Waals surface area (Å²) in [5, 5.41) is 4.55. The summed E-state index contributed by atoms with van der Waals surface area (Å²) >= 11 is 5.44. The van der Waals surface area contributed by atoms with Crippen molar-refractivity contribution in [3.05, 3.63) is 77.5 Å². The molecule has 0 bridgehead atoms. The molecule has 0 radical (unpaired) electrons. The van der Waals surface area contributed by atoms with Gasteiger partial charge in [-0.25, -0.2) is 0 Å². The van der Waals surface area contributed by atoms with Crippen molar-refractivity contribution in [1.29, 1.82) is 0 Å².